The Labute approximate surface area is 104 Å². The maximum Gasteiger partial charge on any atom is 0.142 e. The van der Waals surface area contributed by atoms with Gasteiger partial charge < -0.3 is 19.3 Å². The first-order chi connectivity index (χ1) is 7.80. The van der Waals surface area contributed by atoms with Gasteiger partial charge in [0.25, 0.3) is 0 Å². The minimum absolute atomic E-state index is 0.104. The first kappa shape index (κ1) is 14.9. The first-order valence-corrected chi connectivity index (χ1v) is 6.22. The summed E-state index contributed by atoms with van der Waals surface area (Å²) in [4.78, 5) is 0. The Morgan fingerprint density at radius 1 is 1.41 bits per heavy atom. The maximum absolute atomic E-state index is 10.8. The molecule has 0 aliphatic carbocycles. The van der Waals surface area contributed by atoms with Crippen molar-refractivity contribution in [3.05, 3.63) is 0 Å². The van der Waals surface area contributed by atoms with Gasteiger partial charge in [-0.15, -0.1) is 0 Å². The van der Waals surface area contributed by atoms with Crippen molar-refractivity contribution in [3.63, 3.8) is 0 Å². The Hall–Kier alpha value is -0.160. The van der Waals surface area contributed by atoms with Gasteiger partial charge in [-0.25, -0.2) is 0 Å². The van der Waals surface area contributed by atoms with E-state index in [0.717, 1.165) is 0 Å². The van der Waals surface area contributed by atoms with Crippen LogP contribution < -0.4 is 0 Å². The molecule has 1 N–H and O–H groups in total. The zero-order chi connectivity index (χ0) is 13.3. The van der Waals surface area contributed by atoms with Crippen molar-refractivity contribution in [2.24, 2.45) is 5.92 Å². The van der Waals surface area contributed by atoms with Crippen molar-refractivity contribution >= 4 is 0 Å². The predicted molar refractivity (Wildman–Crippen MR) is 66.0 cm³/mol. The van der Waals surface area contributed by atoms with Crippen LogP contribution in [0.25, 0.3) is 0 Å². The highest BCUT2D eigenvalue weighted by Crippen LogP contribution is 2.41. The number of methoxy groups -OCH3 is 2. The molecule has 0 aromatic heterocycles. The Morgan fingerprint density at radius 3 is 2.41 bits per heavy atom. The Bertz CT molecular complexity index is 256. The van der Waals surface area contributed by atoms with Crippen molar-refractivity contribution in [1.82, 2.24) is 0 Å². The Morgan fingerprint density at radius 2 is 2.00 bits per heavy atom. The van der Waals surface area contributed by atoms with Crippen LogP contribution in [0.5, 0.6) is 0 Å². The zero-order valence-electron chi connectivity index (χ0n) is 11.8. The molecule has 0 amide bonds. The van der Waals surface area contributed by atoms with E-state index in [9.17, 15) is 5.11 Å². The molecular formula is C13H26O4. The number of aliphatic hydroxyl groups is 1. The third kappa shape index (κ3) is 2.50. The van der Waals surface area contributed by atoms with E-state index >= 15 is 0 Å². The van der Waals surface area contributed by atoms with Crippen molar-refractivity contribution in [2.75, 3.05) is 20.8 Å². The monoisotopic (exact) mass is 246 g/mol. The SMILES string of the molecule is COC[C@@]1(O)C(C)O[C@@H](C(C)C)CC1(C)OC. The number of rotatable bonds is 4. The van der Waals surface area contributed by atoms with Crippen molar-refractivity contribution < 1.29 is 19.3 Å². The van der Waals surface area contributed by atoms with Gasteiger partial charge in [0.15, 0.2) is 0 Å². The summed E-state index contributed by atoms with van der Waals surface area (Å²) in [7, 11) is 3.21. The van der Waals surface area contributed by atoms with Gasteiger partial charge in [-0.1, -0.05) is 13.8 Å². The lowest BCUT2D eigenvalue weighted by molar-refractivity contribution is -0.288. The van der Waals surface area contributed by atoms with Gasteiger partial charge in [0.1, 0.15) is 11.2 Å². The molecule has 0 bridgehead atoms. The van der Waals surface area contributed by atoms with E-state index in [1.807, 2.05) is 13.8 Å². The number of hydrogen-bond acceptors (Lipinski definition) is 4. The molecule has 1 aliphatic rings. The summed E-state index contributed by atoms with van der Waals surface area (Å²) in [6.45, 7) is 8.26. The summed E-state index contributed by atoms with van der Waals surface area (Å²) >= 11 is 0. The molecule has 1 aliphatic heterocycles. The van der Waals surface area contributed by atoms with Gasteiger partial charge >= 0.3 is 0 Å². The molecule has 0 radical (unpaired) electrons. The van der Waals surface area contributed by atoms with Crippen molar-refractivity contribution in [2.45, 2.75) is 57.5 Å². The molecule has 0 aromatic rings. The Balaban J connectivity index is 2.99. The second-order valence-electron chi connectivity index (χ2n) is 5.56. The highest BCUT2D eigenvalue weighted by Gasteiger charge is 2.57. The third-order valence-corrected chi connectivity index (χ3v) is 4.12. The fourth-order valence-corrected chi connectivity index (χ4v) is 2.56. The van der Waals surface area contributed by atoms with Crippen LogP contribution in [0.2, 0.25) is 0 Å². The van der Waals surface area contributed by atoms with E-state index in [4.69, 9.17) is 14.2 Å². The normalized spacial score (nSPS) is 43.1. The van der Waals surface area contributed by atoms with Crippen molar-refractivity contribution in [3.8, 4) is 0 Å². The lowest BCUT2D eigenvalue weighted by atomic mass is 9.73. The fourth-order valence-electron chi connectivity index (χ4n) is 2.56. The van der Waals surface area contributed by atoms with Crippen LogP contribution in [0.4, 0.5) is 0 Å². The summed E-state index contributed by atoms with van der Waals surface area (Å²) in [6, 6.07) is 0. The molecule has 102 valence electrons. The predicted octanol–water partition coefficient (Wildman–Crippen LogP) is 1.60. The third-order valence-electron chi connectivity index (χ3n) is 4.12. The van der Waals surface area contributed by atoms with Crippen LogP contribution in [0, 0.1) is 5.92 Å². The van der Waals surface area contributed by atoms with Gasteiger partial charge in [0.2, 0.25) is 0 Å². The highest BCUT2D eigenvalue weighted by atomic mass is 16.6. The van der Waals surface area contributed by atoms with E-state index in [1.165, 1.54) is 0 Å². The summed E-state index contributed by atoms with van der Waals surface area (Å²) < 4.78 is 16.6. The zero-order valence-corrected chi connectivity index (χ0v) is 11.8. The topological polar surface area (TPSA) is 47.9 Å². The minimum Gasteiger partial charge on any atom is -0.382 e. The summed E-state index contributed by atoms with van der Waals surface area (Å²) in [5.41, 5.74) is -1.75. The summed E-state index contributed by atoms with van der Waals surface area (Å²) in [5, 5.41) is 10.8. The van der Waals surface area contributed by atoms with Crippen LogP contribution in [0.1, 0.15) is 34.1 Å². The smallest absolute Gasteiger partial charge is 0.142 e. The molecule has 1 saturated heterocycles. The van der Waals surface area contributed by atoms with Gasteiger partial charge in [-0.2, -0.15) is 0 Å². The summed E-state index contributed by atoms with van der Waals surface area (Å²) in [6.07, 6.45) is 0.464. The van der Waals surface area contributed by atoms with E-state index in [0.29, 0.717) is 12.3 Å². The average Bonchev–Trinajstić information content (AvgIpc) is 2.26. The van der Waals surface area contributed by atoms with Gasteiger partial charge in [0.05, 0.1) is 18.8 Å². The van der Waals surface area contributed by atoms with Crippen LogP contribution in [0.15, 0.2) is 0 Å². The Kier molecular flexibility index (Phi) is 4.58. The second-order valence-corrected chi connectivity index (χ2v) is 5.56. The van der Waals surface area contributed by atoms with E-state index < -0.39 is 11.2 Å². The van der Waals surface area contributed by atoms with Crippen LogP contribution >= 0.6 is 0 Å². The quantitative estimate of drug-likeness (QED) is 0.818. The maximum atomic E-state index is 10.8. The molecule has 0 spiro atoms. The molecule has 4 heteroatoms. The standard InChI is InChI=1S/C13H26O4/c1-9(2)11-7-12(4,16-6)13(14,8-15-5)10(3)17-11/h9-11,14H,7-8H2,1-6H3/t10?,11-,12?,13-/m1/s1. The second kappa shape index (κ2) is 5.22. The fraction of sp³-hybridized carbons (Fsp3) is 1.00. The molecule has 1 fully saturated rings. The van der Waals surface area contributed by atoms with E-state index in [1.54, 1.807) is 14.2 Å². The minimum atomic E-state index is -1.11. The molecule has 4 atom stereocenters. The molecular weight excluding hydrogens is 220 g/mol. The lowest BCUT2D eigenvalue weighted by Crippen LogP contribution is -2.68. The summed E-state index contributed by atoms with van der Waals surface area (Å²) in [5.74, 6) is 0.402. The van der Waals surface area contributed by atoms with Crippen LogP contribution in [-0.2, 0) is 14.2 Å². The largest absolute Gasteiger partial charge is 0.382 e. The molecule has 4 nitrogen and oxygen atoms in total. The van der Waals surface area contributed by atoms with E-state index in [-0.39, 0.29) is 18.8 Å². The molecule has 1 heterocycles. The lowest BCUT2D eigenvalue weighted by Gasteiger charge is -2.53. The molecule has 17 heavy (non-hydrogen) atoms. The highest BCUT2D eigenvalue weighted by molar-refractivity contribution is 5.07. The molecule has 1 rings (SSSR count). The average molecular weight is 246 g/mol. The molecule has 0 saturated carbocycles. The molecule has 2 unspecified atom stereocenters. The van der Waals surface area contributed by atoms with Crippen LogP contribution in [-0.4, -0.2) is 49.3 Å². The van der Waals surface area contributed by atoms with Crippen LogP contribution in [0.3, 0.4) is 0 Å². The first-order valence-electron chi connectivity index (χ1n) is 6.22. The van der Waals surface area contributed by atoms with Gasteiger partial charge in [-0.3, -0.25) is 0 Å². The molecule has 0 aromatic carbocycles. The number of hydrogen-bond donors (Lipinski definition) is 1. The van der Waals surface area contributed by atoms with E-state index in [2.05, 4.69) is 13.8 Å². The van der Waals surface area contributed by atoms with Gasteiger partial charge in [-0.05, 0) is 19.8 Å². The van der Waals surface area contributed by atoms with Crippen molar-refractivity contribution in [1.29, 1.82) is 0 Å². The number of ether oxygens (including phenoxy) is 3. The van der Waals surface area contributed by atoms with Gasteiger partial charge in [0, 0.05) is 20.6 Å².